The van der Waals surface area contributed by atoms with Gasteiger partial charge < -0.3 is 25.4 Å². The first-order chi connectivity index (χ1) is 16.8. The van der Waals surface area contributed by atoms with Gasteiger partial charge in [-0.05, 0) is 39.8 Å². The van der Waals surface area contributed by atoms with Crippen molar-refractivity contribution in [3.8, 4) is 5.75 Å². The standard InChI is InChI=1S/C16H17N2O7PS.C6H13NO2/c1-16(22)13(20)11(9-23-26(27)25-10-5-3-2-4-6-10)24-14(16)18-8-7-12(19)17-15(18)21;1-4(2)9-6(8)5(3)7/h2-8,11,13-14,20,22H,9H2,1H3;4-5H,7H2,1-3H3/p+1/t11?,13-,14?,16-;/m1./s1. The Morgan fingerprint density at radius 3 is 2.44 bits per heavy atom. The van der Waals surface area contributed by atoms with E-state index in [4.69, 9.17) is 36.1 Å². The van der Waals surface area contributed by atoms with E-state index in [1.54, 1.807) is 45.0 Å². The molecule has 198 valence electrons. The highest BCUT2D eigenvalue weighted by Crippen LogP contribution is 2.39. The second-order valence-electron chi connectivity index (χ2n) is 8.41. The third kappa shape index (κ3) is 8.27. The third-order valence-corrected chi connectivity index (χ3v) is 6.11. The summed E-state index contributed by atoms with van der Waals surface area (Å²) in [6.45, 7) is 6.37. The van der Waals surface area contributed by atoms with Crippen LogP contribution in [0.3, 0.4) is 0 Å². The van der Waals surface area contributed by atoms with E-state index < -0.39 is 48.5 Å². The molecule has 4 unspecified atom stereocenters. The second-order valence-corrected chi connectivity index (χ2v) is 10.2. The van der Waals surface area contributed by atoms with E-state index in [2.05, 4.69) is 4.98 Å². The first-order valence-corrected chi connectivity index (χ1v) is 13.2. The Hall–Kier alpha value is -2.51. The molecule has 1 fully saturated rings. The zero-order valence-electron chi connectivity index (χ0n) is 20.3. The lowest BCUT2D eigenvalue weighted by atomic mass is 9.96. The van der Waals surface area contributed by atoms with Crippen LogP contribution in [-0.4, -0.2) is 62.3 Å². The molecule has 0 bridgehead atoms. The Labute approximate surface area is 213 Å². The van der Waals surface area contributed by atoms with E-state index >= 15 is 0 Å². The fourth-order valence-electron chi connectivity index (χ4n) is 3.06. The number of carbonyl (C=O) groups excluding carboxylic acids is 1. The Bertz CT molecular complexity index is 1140. The molecule has 36 heavy (non-hydrogen) atoms. The molecule has 14 heteroatoms. The zero-order valence-corrected chi connectivity index (χ0v) is 22.0. The number of esters is 1. The van der Waals surface area contributed by atoms with Crippen molar-refractivity contribution in [1.82, 2.24) is 9.55 Å². The number of aromatic nitrogens is 2. The molecule has 5 N–H and O–H groups in total. The molecule has 0 amide bonds. The van der Waals surface area contributed by atoms with Crippen molar-refractivity contribution in [1.29, 1.82) is 0 Å². The third-order valence-electron chi connectivity index (χ3n) is 4.85. The number of H-pyrrole nitrogens is 1. The highest BCUT2D eigenvalue weighted by atomic mass is 32.4. The summed E-state index contributed by atoms with van der Waals surface area (Å²) in [4.78, 5) is 35.9. The minimum atomic E-state index is -1.79. The monoisotopic (exact) mass is 544 g/mol. The number of para-hydroxylation sites is 1. The van der Waals surface area contributed by atoms with Gasteiger partial charge in [-0.15, -0.1) is 4.52 Å². The predicted molar refractivity (Wildman–Crippen MR) is 134 cm³/mol. The number of nitrogens with one attached hydrogen (secondary N) is 1. The van der Waals surface area contributed by atoms with Gasteiger partial charge in [0, 0.05) is 12.3 Å². The number of ether oxygens (including phenoxy) is 2. The fourth-order valence-corrected chi connectivity index (χ4v) is 4.11. The summed E-state index contributed by atoms with van der Waals surface area (Å²) in [5.41, 5.74) is 2.07. The lowest BCUT2D eigenvalue weighted by Gasteiger charge is -2.27. The number of benzene rings is 1. The number of hydrogen-bond acceptors (Lipinski definition) is 11. The van der Waals surface area contributed by atoms with Crippen molar-refractivity contribution in [3.05, 3.63) is 63.4 Å². The van der Waals surface area contributed by atoms with Crippen LogP contribution in [0.5, 0.6) is 5.75 Å². The van der Waals surface area contributed by atoms with Gasteiger partial charge in [0.15, 0.2) is 12.0 Å². The first kappa shape index (κ1) is 29.7. The van der Waals surface area contributed by atoms with Gasteiger partial charge in [0.1, 0.15) is 30.5 Å². The average Bonchev–Trinajstić information content (AvgIpc) is 3.02. The molecule has 0 spiro atoms. The summed E-state index contributed by atoms with van der Waals surface area (Å²) in [5, 5.41) is 21.0. The van der Waals surface area contributed by atoms with Gasteiger partial charge in [-0.2, -0.15) is 0 Å². The average molecular weight is 545 g/mol. The summed E-state index contributed by atoms with van der Waals surface area (Å²) in [5.74, 6) is 0.209. The van der Waals surface area contributed by atoms with E-state index in [1.165, 1.54) is 13.1 Å². The van der Waals surface area contributed by atoms with Crippen LogP contribution in [-0.2, 0) is 30.6 Å². The Morgan fingerprint density at radius 1 is 1.28 bits per heavy atom. The largest absolute Gasteiger partial charge is 0.573 e. The first-order valence-electron chi connectivity index (χ1n) is 11.0. The van der Waals surface area contributed by atoms with Crippen molar-refractivity contribution in [2.24, 2.45) is 5.73 Å². The van der Waals surface area contributed by atoms with Gasteiger partial charge in [0.05, 0.1) is 6.10 Å². The molecule has 2 aromatic rings. The van der Waals surface area contributed by atoms with E-state index in [-0.39, 0.29) is 18.7 Å². The van der Waals surface area contributed by atoms with Crippen LogP contribution in [0.4, 0.5) is 0 Å². The molecule has 6 atom stereocenters. The van der Waals surface area contributed by atoms with Crippen molar-refractivity contribution in [2.45, 2.75) is 63.9 Å². The highest BCUT2D eigenvalue weighted by Gasteiger charge is 2.54. The maximum Gasteiger partial charge on any atom is 0.573 e. The molecule has 1 aromatic heterocycles. The Kier molecular flexibility index (Phi) is 10.9. The molecule has 0 saturated carbocycles. The Morgan fingerprint density at radius 2 is 1.92 bits per heavy atom. The molecule has 12 nitrogen and oxygen atoms in total. The van der Waals surface area contributed by atoms with Crippen LogP contribution in [0, 0.1) is 0 Å². The Balaban J connectivity index is 0.000000434. The normalized spacial score (nSPS) is 24.4. The smallest absolute Gasteiger partial charge is 0.462 e. The molecule has 2 heterocycles. The van der Waals surface area contributed by atoms with Crippen molar-refractivity contribution < 1.29 is 33.5 Å². The summed E-state index contributed by atoms with van der Waals surface area (Å²) >= 11 is 5.13. The molecule has 1 aliphatic rings. The molecular formula is C22H31N3O9PS+. The summed E-state index contributed by atoms with van der Waals surface area (Å²) in [7, 11) is -1.71. The number of hydrogen-bond donors (Lipinski definition) is 4. The molecule has 1 aliphatic heterocycles. The van der Waals surface area contributed by atoms with Gasteiger partial charge in [-0.25, -0.2) is 4.79 Å². The minimum Gasteiger partial charge on any atom is -0.462 e. The number of aromatic amines is 1. The summed E-state index contributed by atoms with van der Waals surface area (Å²) in [6.07, 6.45) is -2.39. The van der Waals surface area contributed by atoms with Crippen molar-refractivity contribution in [2.75, 3.05) is 6.61 Å². The van der Waals surface area contributed by atoms with Gasteiger partial charge in [0.25, 0.3) is 5.56 Å². The molecule has 3 rings (SSSR count). The van der Waals surface area contributed by atoms with Crippen molar-refractivity contribution >= 4 is 24.9 Å². The van der Waals surface area contributed by atoms with E-state index in [0.29, 0.717) is 5.75 Å². The van der Waals surface area contributed by atoms with Gasteiger partial charge >= 0.3 is 18.8 Å². The lowest BCUT2D eigenvalue weighted by molar-refractivity contribution is -0.148. The molecule has 0 radical (unpaired) electrons. The van der Waals surface area contributed by atoms with Crippen LogP contribution in [0.1, 0.15) is 33.9 Å². The van der Waals surface area contributed by atoms with E-state index in [9.17, 15) is 24.6 Å². The molecule has 1 aromatic carbocycles. The van der Waals surface area contributed by atoms with Crippen LogP contribution in [0.15, 0.2) is 52.2 Å². The number of carbonyl (C=O) groups is 1. The van der Waals surface area contributed by atoms with Crippen LogP contribution >= 0.6 is 7.15 Å². The van der Waals surface area contributed by atoms with Crippen LogP contribution in [0.25, 0.3) is 0 Å². The topological polar surface area (TPSA) is 175 Å². The number of nitrogens with zero attached hydrogens (tertiary/aromatic N) is 1. The van der Waals surface area contributed by atoms with E-state index in [1.807, 2.05) is 6.07 Å². The van der Waals surface area contributed by atoms with Crippen LogP contribution in [0.2, 0.25) is 0 Å². The van der Waals surface area contributed by atoms with E-state index in [0.717, 1.165) is 10.6 Å². The van der Waals surface area contributed by atoms with Gasteiger partial charge in [0.2, 0.25) is 11.8 Å². The summed E-state index contributed by atoms with van der Waals surface area (Å²) in [6, 6.07) is 9.50. The van der Waals surface area contributed by atoms with Gasteiger partial charge in [-0.3, -0.25) is 23.7 Å². The second kappa shape index (κ2) is 13.2. The lowest BCUT2D eigenvalue weighted by Crippen LogP contribution is -2.46. The highest BCUT2D eigenvalue weighted by molar-refractivity contribution is 8.00. The molecule has 1 saturated heterocycles. The maximum atomic E-state index is 12.0. The SMILES string of the molecule is CC(C)OC(=O)C(C)N.C[C@]1(O)C(n2ccc(=O)[nH]c2=O)OC(CO[P+](=S)Oc2ccccc2)[C@H]1O. The van der Waals surface area contributed by atoms with Gasteiger partial charge in [-0.1, -0.05) is 18.2 Å². The predicted octanol–water partition coefficient (Wildman–Crippen LogP) is 0.701. The fraction of sp³-hybridized carbons (Fsp3) is 0.500. The maximum absolute atomic E-state index is 12.0. The number of nitrogens with two attached hydrogens (primary N) is 1. The number of aliphatic hydroxyl groups is 2. The minimum absolute atomic E-state index is 0.0662. The number of rotatable bonds is 8. The zero-order chi connectivity index (χ0) is 27.0. The summed E-state index contributed by atoms with van der Waals surface area (Å²) < 4.78 is 22.3. The quantitative estimate of drug-likeness (QED) is 0.272. The molecular weight excluding hydrogens is 513 g/mol. The van der Waals surface area contributed by atoms with Crippen LogP contribution < -0.4 is 21.5 Å². The van der Waals surface area contributed by atoms with Crippen molar-refractivity contribution in [3.63, 3.8) is 0 Å². The number of aliphatic hydroxyl groups excluding tert-OH is 1. The molecule has 0 aliphatic carbocycles.